The molecule has 0 saturated heterocycles. The van der Waals surface area contributed by atoms with Crippen LogP contribution in [-0.2, 0) is 0 Å². The van der Waals surface area contributed by atoms with E-state index in [1.54, 1.807) is 0 Å². The SMILES string of the molecule is CC.CC1=CC(C)=C(c2cc(-c3ccc(N(c4ccc(-c5ccccc5)cc4)C4C=CC(C5=CCCC=C5)=CC4)cc3)c(C)cc2C)CC1C.Cc1cccc(-c2ccc(-c3ccccc3)s2)c1. The summed E-state index contributed by atoms with van der Waals surface area (Å²) in [5.74, 6) is 0.579. The fourth-order valence-electron chi connectivity index (χ4n) is 9.68. The first kappa shape index (κ1) is 47.7. The van der Waals surface area contributed by atoms with Crippen molar-refractivity contribution in [1.29, 1.82) is 0 Å². The smallest absolute Gasteiger partial charge is 0.0560 e. The molecule has 3 aliphatic carbocycles. The van der Waals surface area contributed by atoms with Crippen LogP contribution in [0.3, 0.4) is 0 Å². The number of hydrogen-bond acceptors (Lipinski definition) is 2. The largest absolute Gasteiger partial charge is 0.334 e. The second-order valence-electron chi connectivity index (χ2n) is 18.3. The van der Waals surface area contributed by atoms with Crippen molar-refractivity contribution in [3.05, 3.63) is 245 Å². The van der Waals surface area contributed by atoms with Crippen molar-refractivity contribution in [2.24, 2.45) is 5.92 Å². The van der Waals surface area contributed by atoms with Crippen molar-refractivity contribution >= 4 is 28.3 Å². The van der Waals surface area contributed by atoms with E-state index < -0.39 is 0 Å². The van der Waals surface area contributed by atoms with E-state index in [1.165, 1.54) is 105 Å². The fraction of sp³-hybridized carbons (Fsp3) is 0.212. The quantitative estimate of drug-likeness (QED) is 0.140. The number of allylic oxidation sites excluding steroid dienone is 10. The first-order valence-corrected chi connectivity index (χ1v) is 25.5. The van der Waals surface area contributed by atoms with Crippen molar-refractivity contribution in [1.82, 2.24) is 0 Å². The topological polar surface area (TPSA) is 3.24 Å². The van der Waals surface area contributed by atoms with E-state index >= 15 is 0 Å². The van der Waals surface area contributed by atoms with E-state index in [0.717, 1.165) is 25.7 Å². The number of benzene rings is 6. The van der Waals surface area contributed by atoms with E-state index in [-0.39, 0.29) is 6.04 Å². The Bertz CT molecular complexity index is 3000. The summed E-state index contributed by atoms with van der Waals surface area (Å²) < 4.78 is 0. The zero-order valence-electron chi connectivity index (χ0n) is 41.4. The van der Waals surface area contributed by atoms with Crippen molar-refractivity contribution in [2.45, 2.75) is 87.1 Å². The highest BCUT2D eigenvalue weighted by molar-refractivity contribution is 7.18. The van der Waals surface area contributed by atoms with Crippen molar-refractivity contribution in [3.63, 3.8) is 0 Å². The summed E-state index contributed by atoms with van der Waals surface area (Å²) in [7, 11) is 0. The van der Waals surface area contributed by atoms with E-state index in [4.69, 9.17) is 0 Å². The lowest BCUT2D eigenvalue weighted by molar-refractivity contribution is 0.692. The summed E-state index contributed by atoms with van der Waals surface area (Å²) in [6.07, 6.45) is 20.8. The summed E-state index contributed by atoms with van der Waals surface area (Å²) in [6.45, 7) is 17.6. The van der Waals surface area contributed by atoms with Gasteiger partial charge in [0.25, 0.3) is 0 Å². The summed E-state index contributed by atoms with van der Waals surface area (Å²) in [5, 5.41) is 0. The maximum absolute atomic E-state index is 2.51. The van der Waals surface area contributed by atoms with Crippen molar-refractivity contribution in [3.8, 4) is 43.1 Å². The van der Waals surface area contributed by atoms with Crippen LogP contribution in [-0.4, -0.2) is 6.04 Å². The number of thiophene rings is 1. The first-order valence-electron chi connectivity index (χ1n) is 24.7. The maximum atomic E-state index is 2.51. The van der Waals surface area contributed by atoms with Gasteiger partial charge in [-0.2, -0.15) is 0 Å². The number of rotatable bonds is 9. The van der Waals surface area contributed by atoms with Gasteiger partial charge in [0, 0.05) is 21.1 Å². The Kier molecular flexibility index (Phi) is 15.7. The summed E-state index contributed by atoms with van der Waals surface area (Å²) in [4.78, 5) is 5.16. The van der Waals surface area contributed by atoms with Crippen LogP contribution in [0.15, 0.2) is 223 Å². The molecule has 10 rings (SSSR count). The zero-order chi connectivity index (χ0) is 47.6. The second-order valence-corrected chi connectivity index (χ2v) is 19.4. The molecular weight excluding hydrogens is 839 g/mol. The van der Waals surface area contributed by atoms with Crippen LogP contribution in [0.5, 0.6) is 0 Å². The highest BCUT2D eigenvalue weighted by atomic mass is 32.1. The van der Waals surface area contributed by atoms with Gasteiger partial charge < -0.3 is 4.90 Å². The minimum atomic E-state index is 0.225. The van der Waals surface area contributed by atoms with E-state index in [1.807, 2.05) is 25.2 Å². The monoisotopic (exact) mass is 905 g/mol. The number of aryl methyl sites for hydroxylation is 3. The Hall–Kier alpha value is -6.74. The summed E-state index contributed by atoms with van der Waals surface area (Å²) >= 11 is 1.85. The predicted molar refractivity (Wildman–Crippen MR) is 299 cm³/mol. The average molecular weight is 906 g/mol. The third-order valence-electron chi connectivity index (χ3n) is 13.5. The van der Waals surface area contributed by atoms with Gasteiger partial charge in [-0.15, -0.1) is 11.3 Å². The molecule has 0 saturated carbocycles. The Morgan fingerprint density at radius 2 is 1.10 bits per heavy atom. The normalized spacial score (nSPS) is 16.4. The van der Waals surface area contributed by atoms with E-state index in [0.29, 0.717) is 5.92 Å². The zero-order valence-corrected chi connectivity index (χ0v) is 42.2. The van der Waals surface area contributed by atoms with Crippen molar-refractivity contribution < 1.29 is 0 Å². The molecule has 0 amide bonds. The molecule has 1 aromatic heterocycles. The lowest BCUT2D eigenvalue weighted by atomic mass is 9.80. The molecule has 0 spiro atoms. The summed E-state index contributed by atoms with van der Waals surface area (Å²) in [5.41, 5.74) is 22.5. The van der Waals surface area contributed by atoms with Crippen LogP contribution in [0.25, 0.3) is 48.7 Å². The molecule has 2 heteroatoms. The molecule has 342 valence electrons. The standard InChI is InChI=1S/C47H47N.C17H14S.C2H6/c1-32-28-35(4)46(30-33(32)2)47-31-45(34(3)29-36(47)5)41-20-26-44(27-21-41)48(42-22-16-39(17-23-42)37-12-8-6-9-13-37)43-24-18-40(19-25-43)38-14-10-7-11-15-38;1-13-6-5-9-15(12-13)17-11-10-16(18-17)14-7-3-2-4-8-14;1-2/h6,8-10,12-24,26-29,31,33,43H,7,11,25,30H2,1-5H3;2-12H,1H3;1-2H3. The maximum Gasteiger partial charge on any atom is 0.0560 e. The molecule has 0 bridgehead atoms. The third kappa shape index (κ3) is 11.2. The van der Waals surface area contributed by atoms with Gasteiger partial charge in [-0.1, -0.05) is 190 Å². The Morgan fingerprint density at radius 3 is 1.72 bits per heavy atom. The first-order chi connectivity index (χ1) is 33.2. The number of nitrogens with zero attached hydrogens (tertiary/aromatic N) is 1. The van der Waals surface area contributed by atoms with Gasteiger partial charge in [0.05, 0.1) is 6.04 Å². The van der Waals surface area contributed by atoms with Gasteiger partial charge in [-0.25, -0.2) is 0 Å². The molecule has 0 radical (unpaired) electrons. The van der Waals surface area contributed by atoms with Gasteiger partial charge in [-0.05, 0) is 181 Å². The number of hydrogen-bond donors (Lipinski definition) is 0. The van der Waals surface area contributed by atoms with Crippen LogP contribution in [0.2, 0.25) is 0 Å². The molecule has 0 aliphatic heterocycles. The van der Waals surface area contributed by atoms with Gasteiger partial charge in [0.1, 0.15) is 0 Å². The highest BCUT2D eigenvalue weighted by Crippen LogP contribution is 2.41. The van der Waals surface area contributed by atoms with E-state index in [2.05, 4.69) is 247 Å². The highest BCUT2D eigenvalue weighted by Gasteiger charge is 2.23. The second kappa shape index (κ2) is 22.4. The van der Waals surface area contributed by atoms with Crippen LogP contribution < -0.4 is 4.90 Å². The van der Waals surface area contributed by atoms with Crippen LogP contribution in [0, 0.1) is 26.7 Å². The van der Waals surface area contributed by atoms with Crippen LogP contribution in [0.1, 0.15) is 82.6 Å². The van der Waals surface area contributed by atoms with Gasteiger partial charge >= 0.3 is 0 Å². The molecule has 0 N–H and O–H groups in total. The Morgan fingerprint density at radius 1 is 0.515 bits per heavy atom. The molecule has 1 nitrogen and oxygen atoms in total. The van der Waals surface area contributed by atoms with Gasteiger partial charge in [-0.3, -0.25) is 0 Å². The minimum absolute atomic E-state index is 0.225. The Labute approximate surface area is 412 Å². The summed E-state index contributed by atoms with van der Waals surface area (Å²) in [6, 6.07) is 57.7. The van der Waals surface area contributed by atoms with Gasteiger partial charge in [0.2, 0.25) is 0 Å². The molecule has 68 heavy (non-hydrogen) atoms. The molecule has 2 unspecified atom stereocenters. The van der Waals surface area contributed by atoms with Crippen molar-refractivity contribution in [2.75, 3.05) is 4.90 Å². The average Bonchev–Trinajstić information content (AvgIpc) is 3.89. The van der Waals surface area contributed by atoms with Gasteiger partial charge in [0.15, 0.2) is 0 Å². The molecular formula is C66H67NS. The molecule has 7 aromatic rings. The fourth-order valence-corrected chi connectivity index (χ4v) is 10.7. The van der Waals surface area contributed by atoms with Crippen LogP contribution >= 0.6 is 11.3 Å². The molecule has 6 aromatic carbocycles. The lowest BCUT2D eigenvalue weighted by Crippen LogP contribution is -2.30. The van der Waals surface area contributed by atoms with Crippen LogP contribution in [0.4, 0.5) is 11.4 Å². The molecule has 1 heterocycles. The number of anilines is 2. The minimum Gasteiger partial charge on any atom is -0.334 e. The molecule has 0 fully saturated rings. The third-order valence-corrected chi connectivity index (χ3v) is 14.7. The van der Waals surface area contributed by atoms with E-state index in [9.17, 15) is 0 Å². The lowest BCUT2D eigenvalue weighted by Gasteiger charge is -2.33. The molecule has 3 aliphatic rings. The predicted octanol–water partition coefficient (Wildman–Crippen LogP) is 19.5. The molecule has 2 atom stereocenters. The Balaban J connectivity index is 0.000000260.